The van der Waals surface area contributed by atoms with E-state index < -0.39 is 0 Å². The molecule has 0 unspecified atom stereocenters. The van der Waals surface area contributed by atoms with Gasteiger partial charge in [-0.2, -0.15) is 5.10 Å². The number of benzene rings is 2. The van der Waals surface area contributed by atoms with Crippen molar-refractivity contribution in [3.05, 3.63) is 64.9 Å². The summed E-state index contributed by atoms with van der Waals surface area (Å²) in [4.78, 5) is 8.61. The van der Waals surface area contributed by atoms with Crippen molar-refractivity contribution >= 4 is 34.1 Å². The van der Waals surface area contributed by atoms with Gasteiger partial charge >= 0.3 is 0 Å². The zero-order valence-corrected chi connectivity index (χ0v) is 15.0. The van der Waals surface area contributed by atoms with Gasteiger partial charge in [0.1, 0.15) is 24.2 Å². The van der Waals surface area contributed by atoms with Crippen molar-refractivity contribution in [1.82, 2.24) is 19.7 Å². The van der Waals surface area contributed by atoms with Gasteiger partial charge in [0.25, 0.3) is 0 Å². The standard InChI is InChI=1S/C18H11Cl2FN4O/c1-26-17-13-7-11(21)3-5-15(13)24-18(25-9-22-8-23-25)16(17)12-4-2-10(19)6-14(12)20/h2-9H,1H3. The van der Waals surface area contributed by atoms with Crippen LogP contribution in [0.3, 0.4) is 0 Å². The van der Waals surface area contributed by atoms with Gasteiger partial charge in [0.2, 0.25) is 0 Å². The van der Waals surface area contributed by atoms with Crippen molar-refractivity contribution in [3.8, 4) is 22.7 Å². The van der Waals surface area contributed by atoms with Crippen LogP contribution in [-0.4, -0.2) is 26.9 Å². The first-order valence-corrected chi connectivity index (χ1v) is 8.31. The number of nitrogens with zero attached hydrogens (tertiary/aromatic N) is 4. The van der Waals surface area contributed by atoms with Gasteiger partial charge in [0.05, 0.1) is 23.2 Å². The number of halogens is 3. The van der Waals surface area contributed by atoms with Crippen LogP contribution in [0.5, 0.6) is 5.75 Å². The Bertz CT molecular complexity index is 1120. The number of fused-ring (bicyclic) bond motifs is 1. The smallest absolute Gasteiger partial charge is 0.167 e. The minimum Gasteiger partial charge on any atom is -0.495 e. The molecule has 2 heterocycles. The summed E-state index contributed by atoms with van der Waals surface area (Å²) in [6.45, 7) is 0. The van der Waals surface area contributed by atoms with Crippen molar-refractivity contribution in [1.29, 1.82) is 0 Å². The highest BCUT2D eigenvalue weighted by molar-refractivity contribution is 6.36. The fourth-order valence-electron chi connectivity index (χ4n) is 2.82. The van der Waals surface area contributed by atoms with Crippen LogP contribution >= 0.6 is 23.2 Å². The molecule has 0 aliphatic rings. The fraction of sp³-hybridized carbons (Fsp3) is 0.0556. The topological polar surface area (TPSA) is 52.8 Å². The van der Waals surface area contributed by atoms with E-state index in [9.17, 15) is 4.39 Å². The molecule has 0 saturated carbocycles. The lowest BCUT2D eigenvalue weighted by molar-refractivity contribution is 0.420. The molecule has 0 atom stereocenters. The number of pyridine rings is 1. The molecule has 0 fully saturated rings. The number of rotatable bonds is 3. The Balaban J connectivity index is 2.16. The van der Waals surface area contributed by atoms with E-state index in [1.807, 2.05) is 0 Å². The molecule has 0 bridgehead atoms. The quantitative estimate of drug-likeness (QED) is 0.498. The Labute approximate surface area is 158 Å². The van der Waals surface area contributed by atoms with E-state index in [-0.39, 0.29) is 5.82 Å². The molecular formula is C18H11Cl2FN4O. The molecule has 5 nitrogen and oxygen atoms in total. The predicted molar refractivity (Wildman–Crippen MR) is 98.6 cm³/mol. The molecule has 0 saturated heterocycles. The van der Waals surface area contributed by atoms with E-state index in [1.54, 1.807) is 24.3 Å². The molecule has 0 N–H and O–H groups in total. The molecule has 26 heavy (non-hydrogen) atoms. The second-order valence-electron chi connectivity index (χ2n) is 5.47. The highest BCUT2D eigenvalue weighted by atomic mass is 35.5. The van der Waals surface area contributed by atoms with Gasteiger partial charge in [0.15, 0.2) is 5.82 Å². The maximum Gasteiger partial charge on any atom is 0.167 e. The Kier molecular flexibility index (Phi) is 4.22. The molecular weight excluding hydrogens is 378 g/mol. The largest absolute Gasteiger partial charge is 0.495 e. The summed E-state index contributed by atoms with van der Waals surface area (Å²) in [6, 6.07) is 9.40. The summed E-state index contributed by atoms with van der Waals surface area (Å²) in [5.74, 6) is 0.506. The van der Waals surface area contributed by atoms with Crippen molar-refractivity contribution in [2.45, 2.75) is 0 Å². The predicted octanol–water partition coefficient (Wildman–Crippen LogP) is 4.94. The Hall–Kier alpha value is -2.70. The lowest BCUT2D eigenvalue weighted by Gasteiger charge is -2.17. The first-order chi connectivity index (χ1) is 12.6. The zero-order valence-electron chi connectivity index (χ0n) is 13.4. The molecule has 8 heteroatoms. The molecule has 0 amide bonds. The molecule has 4 aromatic rings. The van der Waals surface area contributed by atoms with Gasteiger partial charge in [-0.15, -0.1) is 0 Å². The molecule has 0 aliphatic carbocycles. The van der Waals surface area contributed by atoms with E-state index >= 15 is 0 Å². The zero-order chi connectivity index (χ0) is 18.3. The van der Waals surface area contributed by atoms with Crippen LogP contribution in [-0.2, 0) is 0 Å². The second kappa shape index (κ2) is 6.55. The number of hydrogen-bond acceptors (Lipinski definition) is 4. The molecule has 0 radical (unpaired) electrons. The van der Waals surface area contributed by atoms with Gasteiger partial charge in [-0.3, -0.25) is 0 Å². The lowest BCUT2D eigenvalue weighted by Crippen LogP contribution is -2.04. The average molecular weight is 389 g/mol. The van der Waals surface area contributed by atoms with Crippen LogP contribution in [0, 0.1) is 5.82 Å². The fourth-order valence-corrected chi connectivity index (χ4v) is 3.33. The van der Waals surface area contributed by atoms with E-state index in [2.05, 4.69) is 15.1 Å². The third-order valence-electron chi connectivity index (χ3n) is 3.92. The minimum absolute atomic E-state index is 0.390. The molecule has 130 valence electrons. The van der Waals surface area contributed by atoms with Crippen LogP contribution in [0.15, 0.2) is 49.1 Å². The van der Waals surface area contributed by atoms with Crippen LogP contribution in [0.25, 0.3) is 27.8 Å². The third kappa shape index (κ3) is 2.77. The number of ether oxygens (including phenoxy) is 1. The lowest BCUT2D eigenvalue weighted by atomic mass is 10.0. The normalized spacial score (nSPS) is 11.1. The SMILES string of the molecule is COc1c(-c2ccc(Cl)cc2Cl)c(-n2cncn2)nc2ccc(F)cc12. The Morgan fingerprint density at radius 3 is 2.65 bits per heavy atom. The first-order valence-electron chi connectivity index (χ1n) is 7.56. The summed E-state index contributed by atoms with van der Waals surface area (Å²) in [5, 5.41) is 5.60. The van der Waals surface area contributed by atoms with Crippen LogP contribution in [0.4, 0.5) is 4.39 Å². The highest BCUT2D eigenvalue weighted by Gasteiger charge is 2.22. The summed E-state index contributed by atoms with van der Waals surface area (Å²) in [6.07, 6.45) is 2.92. The molecule has 0 aliphatic heterocycles. The minimum atomic E-state index is -0.390. The molecule has 4 rings (SSSR count). The average Bonchev–Trinajstić information content (AvgIpc) is 3.15. The summed E-state index contributed by atoms with van der Waals surface area (Å²) >= 11 is 12.4. The summed E-state index contributed by atoms with van der Waals surface area (Å²) in [5.41, 5.74) is 1.76. The highest BCUT2D eigenvalue weighted by Crippen LogP contribution is 2.43. The van der Waals surface area contributed by atoms with E-state index in [0.717, 1.165) is 0 Å². The summed E-state index contributed by atoms with van der Waals surface area (Å²) < 4.78 is 21.0. The maximum absolute atomic E-state index is 13.8. The number of methoxy groups -OCH3 is 1. The monoisotopic (exact) mass is 388 g/mol. The van der Waals surface area contributed by atoms with Crippen molar-refractivity contribution < 1.29 is 9.13 Å². The van der Waals surface area contributed by atoms with Gasteiger partial charge in [-0.05, 0) is 30.3 Å². The summed E-state index contributed by atoms with van der Waals surface area (Å²) in [7, 11) is 1.51. The van der Waals surface area contributed by atoms with Crippen molar-refractivity contribution in [2.24, 2.45) is 0 Å². The van der Waals surface area contributed by atoms with Gasteiger partial charge in [-0.1, -0.05) is 29.3 Å². The Morgan fingerprint density at radius 1 is 1.12 bits per heavy atom. The second-order valence-corrected chi connectivity index (χ2v) is 6.31. The van der Waals surface area contributed by atoms with Crippen LogP contribution < -0.4 is 4.74 Å². The van der Waals surface area contributed by atoms with Gasteiger partial charge in [-0.25, -0.2) is 19.0 Å². The van der Waals surface area contributed by atoms with E-state index in [1.165, 1.54) is 36.6 Å². The van der Waals surface area contributed by atoms with Crippen molar-refractivity contribution in [2.75, 3.05) is 7.11 Å². The molecule has 2 aromatic heterocycles. The van der Waals surface area contributed by atoms with Gasteiger partial charge < -0.3 is 4.74 Å². The molecule has 0 spiro atoms. The first kappa shape index (κ1) is 16.8. The molecule has 2 aromatic carbocycles. The number of hydrogen-bond donors (Lipinski definition) is 0. The number of aromatic nitrogens is 4. The van der Waals surface area contributed by atoms with Crippen LogP contribution in [0.1, 0.15) is 0 Å². The van der Waals surface area contributed by atoms with Gasteiger partial charge in [0, 0.05) is 16.0 Å². The van der Waals surface area contributed by atoms with E-state index in [0.29, 0.717) is 43.6 Å². The van der Waals surface area contributed by atoms with Crippen LogP contribution in [0.2, 0.25) is 10.0 Å². The third-order valence-corrected chi connectivity index (χ3v) is 4.47. The van der Waals surface area contributed by atoms with Crippen molar-refractivity contribution in [3.63, 3.8) is 0 Å². The Morgan fingerprint density at radius 2 is 1.96 bits per heavy atom. The van der Waals surface area contributed by atoms with E-state index in [4.69, 9.17) is 27.9 Å². The maximum atomic E-state index is 13.8.